The lowest BCUT2D eigenvalue weighted by Gasteiger charge is -2.36. The van der Waals surface area contributed by atoms with Crippen molar-refractivity contribution in [3.05, 3.63) is 41.0 Å². The van der Waals surface area contributed by atoms with Gasteiger partial charge in [-0.1, -0.05) is 0 Å². The first kappa shape index (κ1) is 19.2. The minimum atomic E-state index is -0.501. The fraction of sp³-hybridized carbons (Fsp3) is 0.316. The second kappa shape index (κ2) is 8.10. The van der Waals surface area contributed by atoms with Crippen molar-refractivity contribution in [3.63, 3.8) is 0 Å². The number of rotatable bonds is 5. The molecule has 3 aromatic rings. The standard InChI is InChI=1S/C19H20N6O3S/c1-2-28-18(27)12-10-29-17-14(12)16(23-19(20)24-17)25-8-7-22-9-13(25)15(26)11-3-5-21-6-4-11/h3-6,10,13,22H,2,7-9H2,1H3,(H2,20,23,24). The average Bonchev–Trinajstić information content (AvgIpc) is 3.17. The minimum absolute atomic E-state index is 0.0575. The number of thiophene rings is 1. The first-order valence-electron chi connectivity index (χ1n) is 9.23. The third-order valence-electron chi connectivity index (χ3n) is 4.71. The lowest BCUT2D eigenvalue weighted by Crippen LogP contribution is -2.55. The summed E-state index contributed by atoms with van der Waals surface area (Å²) >= 11 is 1.30. The molecule has 0 radical (unpaired) electrons. The Kier molecular flexibility index (Phi) is 5.36. The highest BCUT2D eigenvalue weighted by molar-refractivity contribution is 7.17. The van der Waals surface area contributed by atoms with Gasteiger partial charge in [-0.2, -0.15) is 4.98 Å². The van der Waals surface area contributed by atoms with Crippen molar-refractivity contribution < 1.29 is 14.3 Å². The summed E-state index contributed by atoms with van der Waals surface area (Å²) in [5, 5.41) is 5.52. The topological polar surface area (TPSA) is 123 Å². The average molecular weight is 412 g/mol. The SMILES string of the molecule is CCOC(=O)c1csc2nc(N)nc(N3CCNCC3C(=O)c3ccncc3)c12. The molecule has 0 aliphatic carbocycles. The van der Waals surface area contributed by atoms with Crippen LogP contribution in [0.1, 0.15) is 27.6 Å². The number of carbonyl (C=O) groups is 2. The van der Waals surface area contributed by atoms with E-state index in [0.29, 0.717) is 46.8 Å². The summed E-state index contributed by atoms with van der Waals surface area (Å²) in [6, 6.07) is 2.88. The maximum atomic E-state index is 13.2. The van der Waals surface area contributed by atoms with Gasteiger partial charge in [0.2, 0.25) is 5.95 Å². The van der Waals surface area contributed by atoms with Crippen molar-refractivity contribution in [2.75, 3.05) is 36.9 Å². The Morgan fingerprint density at radius 2 is 2.14 bits per heavy atom. The number of ether oxygens (including phenoxy) is 1. The second-order valence-corrected chi connectivity index (χ2v) is 7.33. The fourth-order valence-corrected chi connectivity index (χ4v) is 4.32. The van der Waals surface area contributed by atoms with E-state index in [-0.39, 0.29) is 18.3 Å². The Morgan fingerprint density at radius 1 is 1.34 bits per heavy atom. The first-order valence-corrected chi connectivity index (χ1v) is 10.1. The molecule has 150 valence electrons. The molecule has 0 saturated carbocycles. The van der Waals surface area contributed by atoms with Gasteiger partial charge in [-0.15, -0.1) is 11.3 Å². The lowest BCUT2D eigenvalue weighted by molar-refractivity contribution is 0.0529. The van der Waals surface area contributed by atoms with Crippen LogP contribution in [0.2, 0.25) is 0 Å². The molecule has 0 aromatic carbocycles. The van der Waals surface area contributed by atoms with Crippen molar-refractivity contribution >= 4 is 45.1 Å². The van der Waals surface area contributed by atoms with Crippen molar-refractivity contribution in [1.29, 1.82) is 0 Å². The number of aromatic nitrogens is 3. The number of pyridine rings is 1. The number of hydrogen-bond donors (Lipinski definition) is 2. The highest BCUT2D eigenvalue weighted by Crippen LogP contribution is 2.34. The number of carbonyl (C=O) groups excluding carboxylic acids is 2. The van der Waals surface area contributed by atoms with Gasteiger partial charge in [0.05, 0.1) is 17.6 Å². The molecule has 10 heteroatoms. The van der Waals surface area contributed by atoms with Gasteiger partial charge in [-0.25, -0.2) is 9.78 Å². The third kappa shape index (κ3) is 3.64. The van der Waals surface area contributed by atoms with Crippen LogP contribution in [0.3, 0.4) is 0 Å². The van der Waals surface area contributed by atoms with E-state index in [1.165, 1.54) is 11.3 Å². The van der Waals surface area contributed by atoms with Crippen molar-refractivity contribution in [3.8, 4) is 0 Å². The molecule has 1 saturated heterocycles. The number of nitrogens with zero attached hydrogens (tertiary/aromatic N) is 4. The number of piperazine rings is 1. The van der Waals surface area contributed by atoms with Gasteiger partial charge in [0, 0.05) is 43.0 Å². The van der Waals surface area contributed by atoms with Crippen LogP contribution in [0, 0.1) is 0 Å². The van der Waals surface area contributed by atoms with Crippen LogP contribution in [-0.4, -0.2) is 59.0 Å². The number of nitrogens with two attached hydrogens (primary N) is 1. The summed E-state index contributed by atoms with van der Waals surface area (Å²) in [6.07, 6.45) is 3.18. The number of nitrogens with one attached hydrogen (secondary N) is 1. The van der Waals surface area contributed by atoms with E-state index >= 15 is 0 Å². The number of nitrogen functional groups attached to an aromatic ring is 1. The molecule has 9 nitrogen and oxygen atoms in total. The van der Waals surface area contributed by atoms with Gasteiger partial charge < -0.3 is 20.7 Å². The Labute approximate surface area is 170 Å². The third-order valence-corrected chi connectivity index (χ3v) is 5.58. The molecule has 0 spiro atoms. The van der Waals surface area contributed by atoms with Crippen LogP contribution in [-0.2, 0) is 4.74 Å². The second-order valence-electron chi connectivity index (χ2n) is 6.47. The monoisotopic (exact) mass is 412 g/mol. The molecule has 1 atom stereocenters. The van der Waals surface area contributed by atoms with Crippen LogP contribution >= 0.6 is 11.3 Å². The number of fused-ring (bicyclic) bond motifs is 1. The summed E-state index contributed by atoms with van der Waals surface area (Å²) in [5.74, 6) is 0.0717. The predicted octanol–water partition coefficient (Wildman–Crippen LogP) is 1.51. The number of esters is 1. The van der Waals surface area contributed by atoms with Crippen LogP contribution in [0.5, 0.6) is 0 Å². The Balaban J connectivity index is 1.82. The minimum Gasteiger partial charge on any atom is -0.462 e. The van der Waals surface area contributed by atoms with Gasteiger partial charge in [0.25, 0.3) is 0 Å². The van der Waals surface area contributed by atoms with Crippen molar-refractivity contribution in [2.24, 2.45) is 0 Å². The number of ketones is 1. The summed E-state index contributed by atoms with van der Waals surface area (Å²) in [6.45, 7) is 3.67. The zero-order valence-corrected chi connectivity index (χ0v) is 16.6. The van der Waals surface area contributed by atoms with Gasteiger partial charge >= 0.3 is 5.97 Å². The Morgan fingerprint density at radius 3 is 2.90 bits per heavy atom. The summed E-state index contributed by atoms with van der Waals surface area (Å²) in [4.78, 5) is 40.8. The van der Waals surface area contributed by atoms with Crippen molar-refractivity contribution in [2.45, 2.75) is 13.0 Å². The largest absolute Gasteiger partial charge is 0.462 e. The zero-order valence-electron chi connectivity index (χ0n) is 15.8. The maximum Gasteiger partial charge on any atom is 0.339 e. The van der Waals surface area contributed by atoms with E-state index in [1.807, 2.05) is 4.90 Å². The van der Waals surface area contributed by atoms with Gasteiger partial charge in [-0.05, 0) is 19.1 Å². The van der Waals surface area contributed by atoms with Crippen LogP contribution in [0.4, 0.5) is 11.8 Å². The summed E-state index contributed by atoms with van der Waals surface area (Å²) < 4.78 is 5.19. The van der Waals surface area contributed by atoms with Gasteiger partial charge in [-0.3, -0.25) is 9.78 Å². The van der Waals surface area contributed by atoms with Gasteiger partial charge in [0.15, 0.2) is 5.78 Å². The Hall–Kier alpha value is -3.11. The summed E-state index contributed by atoms with van der Waals surface area (Å²) in [5.41, 5.74) is 6.89. The van der Waals surface area contributed by atoms with E-state index in [4.69, 9.17) is 10.5 Å². The maximum absolute atomic E-state index is 13.2. The lowest BCUT2D eigenvalue weighted by atomic mass is 10.0. The van der Waals surface area contributed by atoms with E-state index < -0.39 is 12.0 Å². The number of hydrogen-bond acceptors (Lipinski definition) is 10. The van der Waals surface area contributed by atoms with Gasteiger partial charge in [0.1, 0.15) is 16.7 Å². The van der Waals surface area contributed by atoms with Crippen molar-refractivity contribution in [1.82, 2.24) is 20.3 Å². The molecule has 3 N–H and O–H groups in total. The summed E-state index contributed by atoms with van der Waals surface area (Å²) in [7, 11) is 0. The van der Waals surface area contributed by atoms with Crippen LogP contribution in [0.25, 0.3) is 10.2 Å². The van der Waals surface area contributed by atoms with E-state index in [1.54, 1.807) is 36.8 Å². The normalized spacial score (nSPS) is 16.7. The molecule has 1 aliphatic heterocycles. The molecule has 4 rings (SSSR count). The van der Waals surface area contributed by atoms with E-state index in [2.05, 4.69) is 20.3 Å². The van der Waals surface area contributed by atoms with E-state index in [9.17, 15) is 9.59 Å². The first-order chi connectivity index (χ1) is 14.1. The molecular weight excluding hydrogens is 392 g/mol. The number of Topliss-reactive ketones (excluding diaryl/α,β-unsaturated/α-hetero) is 1. The van der Waals surface area contributed by atoms with Crippen LogP contribution in [0.15, 0.2) is 29.9 Å². The molecule has 0 amide bonds. The molecule has 29 heavy (non-hydrogen) atoms. The molecule has 1 unspecified atom stereocenters. The highest BCUT2D eigenvalue weighted by Gasteiger charge is 2.33. The Bertz CT molecular complexity index is 1050. The predicted molar refractivity (Wildman–Crippen MR) is 110 cm³/mol. The highest BCUT2D eigenvalue weighted by atomic mass is 32.1. The molecule has 1 aliphatic rings. The fourth-order valence-electron chi connectivity index (χ4n) is 3.41. The number of anilines is 2. The molecule has 0 bridgehead atoms. The molecule has 4 heterocycles. The van der Waals surface area contributed by atoms with E-state index in [0.717, 1.165) is 0 Å². The van der Waals surface area contributed by atoms with Crippen LogP contribution < -0.4 is 16.0 Å². The smallest absolute Gasteiger partial charge is 0.339 e. The molecule has 1 fully saturated rings. The molecule has 3 aromatic heterocycles. The zero-order chi connectivity index (χ0) is 20.4. The molecular formula is C19H20N6O3S. The quantitative estimate of drug-likeness (QED) is 0.474.